The summed E-state index contributed by atoms with van der Waals surface area (Å²) in [6.07, 6.45) is 0. The first-order valence-electron chi connectivity index (χ1n) is 7.58. The lowest BCUT2D eigenvalue weighted by Gasteiger charge is -2.11. The van der Waals surface area contributed by atoms with Gasteiger partial charge in [0.25, 0.3) is 15.9 Å². The number of carbonyl (C=O) groups is 1. The molecule has 8 heteroatoms. The smallest absolute Gasteiger partial charge is 0.266 e. The molecule has 2 rings (SSSR count). The monoisotopic (exact) mass is 366 g/mol. The topological polar surface area (TPSA) is 84.5 Å². The third-order valence-corrected chi connectivity index (χ3v) is 4.58. The summed E-state index contributed by atoms with van der Waals surface area (Å²) in [7, 11) is -4.21. The van der Waals surface area contributed by atoms with Gasteiger partial charge in [0, 0.05) is 12.2 Å². The number of sulfonamides is 1. The summed E-state index contributed by atoms with van der Waals surface area (Å²) in [4.78, 5) is 13.6. The fraction of sp³-hybridized carbons (Fsp3) is 0.235. The highest BCUT2D eigenvalue weighted by molar-refractivity contribution is 7.89. The van der Waals surface area contributed by atoms with Crippen LogP contribution in [0.5, 0.6) is 0 Å². The number of carbonyl (C=O) groups excluding carboxylic acids is 1. The van der Waals surface area contributed by atoms with Crippen LogP contribution in [0, 0.1) is 12.7 Å². The molecule has 0 bridgehead atoms. The largest absolute Gasteiger partial charge is 0.377 e. The van der Waals surface area contributed by atoms with Crippen LogP contribution in [0.3, 0.4) is 0 Å². The second-order valence-electron chi connectivity index (χ2n) is 5.33. The highest BCUT2D eigenvalue weighted by Gasteiger charge is 2.19. The number of aryl methyl sites for hydroxylation is 1. The minimum atomic E-state index is -4.21. The van der Waals surface area contributed by atoms with Gasteiger partial charge in [0.1, 0.15) is 10.7 Å². The van der Waals surface area contributed by atoms with Crippen molar-refractivity contribution in [3.8, 4) is 0 Å². The highest BCUT2D eigenvalue weighted by Crippen LogP contribution is 2.13. The second-order valence-corrected chi connectivity index (χ2v) is 6.99. The molecule has 0 aromatic heterocycles. The van der Waals surface area contributed by atoms with Gasteiger partial charge >= 0.3 is 0 Å². The molecule has 0 unspecified atom stereocenters. The molecular weight excluding hydrogens is 347 g/mol. The first-order chi connectivity index (χ1) is 11.8. The average molecular weight is 366 g/mol. The molecule has 0 heterocycles. The van der Waals surface area contributed by atoms with E-state index < -0.39 is 26.6 Å². The van der Waals surface area contributed by atoms with Crippen LogP contribution in [0.15, 0.2) is 47.4 Å². The summed E-state index contributed by atoms with van der Waals surface area (Å²) in [6, 6.07) is 9.99. The molecular formula is C17H19FN2O4S. The van der Waals surface area contributed by atoms with Crippen molar-refractivity contribution in [2.24, 2.45) is 0 Å². The van der Waals surface area contributed by atoms with Gasteiger partial charge in [0.15, 0.2) is 0 Å². The second kappa shape index (κ2) is 8.19. The molecule has 2 N–H and O–H groups in total. The molecule has 0 aliphatic rings. The van der Waals surface area contributed by atoms with Crippen LogP contribution in [-0.4, -0.2) is 20.9 Å². The van der Waals surface area contributed by atoms with Crippen molar-refractivity contribution >= 4 is 15.9 Å². The summed E-state index contributed by atoms with van der Waals surface area (Å²) in [6.45, 7) is 4.56. The lowest BCUT2D eigenvalue weighted by molar-refractivity contribution is 0.0944. The predicted octanol–water partition coefficient (Wildman–Crippen LogP) is 2.29. The Hall–Kier alpha value is -2.29. The normalized spacial score (nSPS) is 11.3. The number of hydrogen-bond acceptors (Lipinski definition) is 4. The predicted molar refractivity (Wildman–Crippen MR) is 90.7 cm³/mol. The van der Waals surface area contributed by atoms with Gasteiger partial charge in [-0.3, -0.25) is 10.2 Å². The maximum absolute atomic E-state index is 13.6. The van der Waals surface area contributed by atoms with Gasteiger partial charge < -0.3 is 4.74 Å². The Morgan fingerprint density at radius 1 is 1.20 bits per heavy atom. The average Bonchev–Trinajstić information content (AvgIpc) is 2.57. The van der Waals surface area contributed by atoms with Crippen LogP contribution in [0.25, 0.3) is 0 Å². The van der Waals surface area contributed by atoms with E-state index >= 15 is 0 Å². The zero-order valence-electron chi connectivity index (χ0n) is 13.9. The molecule has 0 aliphatic heterocycles. The van der Waals surface area contributed by atoms with Crippen LogP contribution >= 0.6 is 0 Å². The van der Waals surface area contributed by atoms with Gasteiger partial charge in [0.2, 0.25) is 0 Å². The standard InChI is InChI=1S/C17H19FN2O4S/c1-3-24-11-13-8-12(2)9-14(10-13)17(21)19-20-25(22,23)16-7-5-4-6-15(16)18/h4-10,20H,3,11H2,1-2H3,(H,19,21). The molecule has 0 saturated carbocycles. The first-order valence-corrected chi connectivity index (χ1v) is 9.07. The molecule has 0 atom stereocenters. The van der Waals surface area contributed by atoms with Gasteiger partial charge in [-0.2, -0.15) is 0 Å². The number of nitrogens with one attached hydrogen (secondary N) is 2. The van der Waals surface area contributed by atoms with Crippen molar-refractivity contribution in [1.29, 1.82) is 0 Å². The molecule has 0 fully saturated rings. The molecule has 0 radical (unpaired) electrons. The maximum atomic E-state index is 13.6. The van der Waals surface area contributed by atoms with Crippen molar-refractivity contribution in [3.05, 3.63) is 65.0 Å². The maximum Gasteiger partial charge on any atom is 0.266 e. The van der Waals surface area contributed by atoms with E-state index in [0.29, 0.717) is 13.2 Å². The highest BCUT2D eigenvalue weighted by atomic mass is 32.2. The summed E-state index contributed by atoms with van der Waals surface area (Å²) >= 11 is 0. The van der Waals surface area contributed by atoms with Crippen molar-refractivity contribution in [1.82, 2.24) is 10.3 Å². The molecule has 2 aromatic carbocycles. The van der Waals surface area contributed by atoms with Gasteiger partial charge in [-0.1, -0.05) is 18.2 Å². The van der Waals surface area contributed by atoms with Gasteiger partial charge in [-0.25, -0.2) is 12.8 Å². The number of ether oxygens (including phenoxy) is 1. The molecule has 6 nitrogen and oxygen atoms in total. The SMILES string of the molecule is CCOCc1cc(C)cc(C(=O)NNS(=O)(=O)c2ccccc2F)c1. The Morgan fingerprint density at radius 3 is 2.60 bits per heavy atom. The van der Waals surface area contributed by atoms with E-state index in [4.69, 9.17) is 4.74 Å². The number of hydrogen-bond donors (Lipinski definition) is 2. The lowest BCUT2D eigenvalue weighted by Crippen LogP contribution is -2.41. The first kappa shape index (κ1) is 19.0. The third kappa shape index (κ3) is 5.09. The number of benzene rings is 2. The number of amides is 1. The van der Waals surface area contributed by atoms with E-state index in [1.54, 1.807) is 12.1 Å². The molecule has 134 valence electrons. The summed E-state index contributed by atoms with van der Waals surface area (Å²) < 4.78 is 43.1. The third-order valence-electron chi connectivity index (χ3n) is 3.30. The summed E-state index contributed by atoms with van der Waals surface area (Å²) in [5, 5.41) is 0. The van der Waals surface area contributed by atoms with Crippen molar-refractivity contribution in [2.45, 2.75) is 25.3 Å². The minimum absolute atomic E-state index is 0.269. The van der Waals surface area contributed by atoms with E-state index in [0.717, 1.165) is 23.3 Å². The number of halogens is 1. The minimum Gasteiger partial charge on any atom is -0.377 e. The molecule has 2 aromatic rings. The van der Waals surface area contributed by atoms with E-state index in [1.807, 2.05) is 24.7 Å². The molecule has 0 spiro atoms. The zero-order chi connectivity index (χ0) is 18.4. The Bertz CT molecular complexity index is 869. The number of hydrazine groups is 1. The van der Waals surface area contributed by atoms with E-state index in [1.165, 1.54) is 12.1 Å². The van der Waals surface area contributed by atoms with Crippen molar-refractivity contribution < 1.29 is 22.3 Å². The van der Waals surface area contributed by atoms with E-state index in [9.17, 15) is 17.6 Å². The van der Waals surface area contributed by atoms with Crippen molar-refractivity contribution in [2.75, 3.05) is 6.61 Å². The Morgan fingerprint density at radius 2 is 1.92 bits per heavy atom. The molecule has 0 aliphatic carbocycles. The van der Waals surface area contributed by atoms with E-state index in [2.05, 4.69) is 5.43 Å². The van der Waals surface area contributed by atoms with Crippen LogP contribution < -0.4 is 10.3 Å². The van der Waals surface area contributed by atoms with Gasteiger partial charge in [-0.05, 0) is 49.2 Å². The zero-order valence-corrected chi connectivity index (χ0v) is 14.7. The van der Waals surface area contributed by atoms with Crippen LogP contribution in [-0.2, 0) is 21.4 Å². The van der Waals surface area contributed by atoms with Gasteiger partial charge in [0.05, 0.1) is 6.61 Å². The van der Waals surface area contributed by atoms with Gasteiger partial charge in [-0.15, -0.1) is 4.83 Å². The molecule has 25 heavy (non-hydrogen) atoms. The van der Waals surface area contributed by atoms with E-state index in [-0.39, 0.29) is 5.56 Å². The van der Waals surface area contributed by atoms with Crippen molar-refractivity contribution in [3.63, 3.8) is 0 Å². The fourth-order valence-electron chi connectivity index (χ4n) is 2.20. The molecule has 1 amide bonds. The van der Waals surface area contributed by atoms with Crippen LogP contribution in [0.1, 0.15) is 28.4 Å². The summed E-state index contributed by atoms with van der Waals surface area (Å²) in [5.74, 6) is -1.56. The number of rotatable bonds is 7. The quantitative estimate of drug-likeness (QED) is 0.737. The van der Waals surface area contributed by atoms with Crippen LogP contribution in [0.4, 0.5) is 4.39 Å². The Labute approximate surface area is 146 Å². The Balaban J connectivity index is 2.12. The summed E-state index contributed by atoms with van der Waals surface area (Å²) in [5.41, 5.74) is 3.99. The lowest BCUT2D eigenvalue weighted by atomic mass is 10.1. The Kier molecular flexibility index (Phi) is 6.24. The molecule has 0 saturated heterocycles. The fourth-order valence-corrected chi connectivity index (χ4v) is 3.12. The van der Waals surface area contributed by atoms with Crippen LogP contribution in [0.2, 0.25) is 0 Å².